The zero-order valence-electron chi connectivity index (χ0n) is 11.5. The third-order valence-electron chi connectivity index (χ3n) is 3.04. The first-order valence-corrected chi connectivity index (χ1v) is 6.12. The van der Waals surface area contributed by atoms with Crippen LogP contribution in [-0.2, 0) is 15.9 Å². The first-order valence-electron chi connectivity index (χ1n) is 6.12. The largest absolute Gasteiger partial charge is 0.354 e. The van der Waals surface area contributed by atoms with Crippen LogP contribution in [0.3, 0.4) is 0 Å². The zero-order valence-corrected chi connectivity index (χ0v) is 11.5. The number of ether oxygens (including phenoxy) is 2. The third-order valence-corrected chi connectivity index (χ3v) is 3.04. The third kappa shape index (κ3) is 4.37. The minimum atomic E-state index is -0.251. The minimum absolute atomic E-state index is 0.112. The first kappa shape index (κ1) is 15.1. The van der Waals surface area contributed by atoms with E-state index in [4.69, 9.17) is 9.47 Å². The highest BCUT2D eigenvalue weighted by molar-refractivity contribution is 5.26. The van der Waals surface area contributed by atoms with Crippen molar-refractivity contribution in [1.82, 2.24) is 5.32 Å². The molecule has 1 aromatic carbocycles. The fraction of sp³-hybridized carbons (Fsp3) is 0.571. The lowest BCUT2D eigenvalue weighted by atomic mass is 10.1. The van der Waals surface area contributed by atoms with Gasteiger partial charge in [0.25, 0.3) is 0 Å². The summed E-state index contributed by atoms with van der Waals surface area (Å²) >= 11 is 0. The summed E-state index contributed by atoms with van der Waals surface area (Å²) in [5, 5.41) is 3.33. The van der Waals surface area contributed by atoms with Crippen LogP contribution in [0.1, 0.15) is 18.1 Å². The Bertz CT molecular complexity index is 367. The Morgan fingerprint density at radius 2 is 1.94 bits per heavy atom. The van der Waals surface area contributed by atoms with Gasteiger partial charge in [-0.05, 0) is 50.1 Å². The number of benzene rings is 1. The normalized spacial score (nSPS) is 13.0. The predicted molar refractivity (Wildman–Crippen MR) is 70.1 cm³/mol. The molecule has 0 heterocycles. The number of rotatable bonds is 7. The Morgan fingerprint density at radius 3 is 2.50 bits per heavy atom. The average molecular weight is 255 g/mol. The van der Waals surface area contributed by atoms with E-state index in [2.05, 4.69) is 5.32 Å². The molecule has 4 heteroatoms. The maximum atomic E-state index is 12.9. The SMILES string of the molecule is COC(OC)C(C)NCCc1ccc(F)cc1C. The van der Waals surface area contributed by atoms with Crippen molar-refractivity contribution in [3.8, 4) is 0 Å². The van der Waals surface area contributed by atoms with Crippen LogP contribution in [0.2, 0.25) is 0 Å². The topological polar surface area (TPSA) is 30.5 Å². The fourth-order valence-electron chi connectivity index (χ4n) is 1.97. The van der Waals surface area contributed by atoms with Gasteiger partial charge < -0.3 is 14.8 Å². The van der Waals surface area contributed by atoms with Gasteiger partial charge in [-0.2, -0.15) is 0 Å². The Labute approximate surface area is 108 Å². The molecular formula is C14H22FNO2. The Balaban J connectivity index is 2.41. The van der Waals surface area contributed by atoms with Crippen molar-refractivity contribution >= 4 is 0 Å². The second kappa shape index (κ2) is 7.46. The Kier molecular flexibility index (Phi) is 6.25. The molecule has 18 heavy (non-hydrogen) atoms. The van der Waals surface area contributed by atoms with Gasteiger partial charge in [0.15, 0.2) is 6.29 Å². The summed E-state index contributed by atoms with van der Waals surface area (Å²) < 4.78 is 23.3. The highest BCUT2D eigenvalue weighted by atomic mass is 19.1. The summed E-state index contributed by atoms with van der Waals surface area (Å²) in [5.41, 5.74) is 2.14. The molecule has 0 saturated heterocycles. The van der Waals surface area contributed by atoms with E-state index in [0.29, 0.717) is 0 Å². The van der Waals surface area contributed by atoms with Gasteiger partial charge in [-0.25, -0.2) is 4.39 Å². The standard InChI is InChI=1S/C14H22FNO2/c1-10-9-13(15)6-5-12(10)7-8-16-11(2)14(17-3)18-4/h5-6,9,11,14,16H,7-8H2,1-4H3. The molecule has 0 aliphatic rings. The maximum absolute atomic E-state index is 12.9. The summed E-state index contributed by atoms with van der Waals surface area (Å²) in [4.78, 5) is 0. The molecule has 0 radical (unpaired) electrons. The molecule has 0 aromatic heterocycles. The molecule has 102 valence electrons. The van der Waals surface area contributed by atoms with Gasteiger partial charge in [0.1, 0.15) is 5.82 Å². The van der Waals surface area contributed by atoms with Gasteiger partial charge in [0.05, 0.1) is 6.04 Å². The lowest BCUT2D eigenvalue weighted by molar-refractivity contribution is -0.119. The highest BCUT2D eigenvalue weighted by Crippen LogP contribution is 2.10. The van der Waals surface area contributed by atoms with Crippen LogP contribution < -0.4 is 5.32 Å². The fourth-order valence-corrected chi connectivity index (χ4v) is 1.97. The second-order valence-corrected chi connectivity index (χ2v) is 4.40. The molecule has 0 aliphatic heterocycles. The van der Waals surface area contributed by atoms with Crippen molar-refractivity contribution < 1.29 is 13.9 Å². The molecule has 0 spiro atoms. The molecule has 1 aromatic rings. The number of nitrogens with one attached hydrogen (secondary N) is 1. The first-order chi connectivity index (χ1) is 8.58. The summed E-state index contributed by atoms with van der Waals surface area (Å²) in [5.74, 6) is -0.184. The molecule has 3 nitrogen and oxygen atoms in total. The van der Waals surface area contributed by atoms with Crippen LogP contribution in [0, 0.1) is 12.7 Å². The van der Waals surface area contributed by atoms with Crippen molar-refractivity contribution in [2.24, 2.45) is 0 Å². The number of aryl methyl sites for hydroxylation is 1. The van der Waals surface area contributed by atoms with Gasteiger partial charge in [-0.1, -0.05) is 6.07 Å². The molecular weight excluding hydrogens is 233 g/mol. The van der Waals surface area contributed by atoms with Crippen LogP contribution in [-0.4, -0.2) is 33.1 Å². The summed E-state index contributed by atoms with van der Waals surface area (Å²) in [6.07, 6.45) is 0.607. The molecule has 0 amide bonds. The lowest BCUT2D eigenvalue weighted by Gasteiger charge is -2.22. The van der Waals surface area contributed by atoms with Crippen LogP contribution in [0.4, 0.5) is 4.39 Å². The molecule has 1 atom stereocenters. The molecule has 0 bridgehead atoms. The van der Waals surface area contributed by atoms with Crippen LogP contribution in [0.15, 0.2) is 18.2 Å². The molecule has 1 unspecified atom stereocenters. The molecule has 0 aliphatic carbocycles. The van der Waals surface area contributed by atoms with Gasteiger partial charge in [0.2, 0.25) is 0 Å². The number of methoxy groups -OCH3 is 2. The Morgan fingerprint density at radius 1 is 1.28 bits per heavy atom. The molecule has 1 rings (SSSR count). The van der Waals surface area contributed by atoms with Crippen LogP contribution in [0.25, 0.3) is 0 Å². The maximum Gasteiger partial charge on any atom is 0.171 e. The van der Waals surface area contributed by atoms with Crippen LogP contribution >= 0.6 is 0 Å². The van der Waals surface area contributed by atoms with E-state index >= 15 is 0 Å². The smallest absolute Gasteiger partial charge is 0.171 e. The van der Waals surface area contributed by atoms with E-state index in [0.717, 1.165) is 24.1 Å². The summed E-state index contributed by atoms with van der Waals surface area (Å²) in [6.45, 7) is 4.74. The van der Waals surface area contributed by atoms with E-state index in [1.165, 1.54) is 6.07 Å². The van der Waals surface area contributed by atoms with Crippen molar-refractivity contribution in [2.45, 2.75) is 32.6 Å². The predicted octanol–water partition coefficient (Wildman–Crippen LogP) is 2.27. The van der Waals surface area contributed by atoms with E-state index in [1.54, 1.807) is 20.3 Å². The number of hydrogen-bond donors (Lipinski definition) is 1. The number of hydrogen-bond acceptors (Lipinski definition) is 3. The average Bonchev–Trinajstić information content (AvgIpc) is 2.33. The van der Waals surface area contributed by atoms with Gasteiger partial charge in [-0.3, -0.25) is 0 Å². The summed E-state index contributed by atoms with van der Waals surface area (Å²) in [6, 6.07) is 5.01. The zero-order chi connectivity index (χ0) is 13.5. The van der Waals surface area contributed by atoms with Crippen LogP contribution in [0.5, 0.6) is 0 Å². The summed E-state index contributed by atoms with van der Waals surface area (Å²) in [7, 11) is 3.24. The molecule has 0 saturated carbocycles. The van der Waals surface area contributed by atoms with E-state index < -0.39 is 0 Å². The van der Waals surface area contributed by atoms with Gasteiger partial charge >= 0.3 is 0 Å². The van der Waals surface area contributed by atoms with E-state index in [-0.39, 0.29) is 18.1 Å². The quantitative estimate of drug-likeness (QED) is 0.758. The number of halogens is 1. The van der Waals surface area contributed by atoms with Crippen molar-refractivity contribution in [2.75, 3.05) is 20.8 Å². The van der Waals surface area contributed by atoms with Gasteiger partial charge in [-0.15, -0.1) is 0 Å². The van der Waals surface area contributed by atoms with E-state index in [1.807, 2.05) is 19.9 Å². The van der Waals surface area contributed by atoms with Crippen molar-refractivity contribution in [1.29, 1.82) is 0 Å². The van der Waals surface area contributed by atoms with Crippen molar-refractivity contribution in [3.63, 3.8) is 0 Å². The van der Waals surface area contributed by atoms with E-state index in [9.17, 15) is 4.39 Å². The van der Waals surface area contributed by atoms with Gasteiger partial charge in [0, 0.05) is 14.2 Å². The Hall–Kier alpha value is -0.970. The van der Waals surface area contributed by atoms with Crippen molar-refractivity contribution in [3.05, 3.63) is 35.1 Å². The molecule has 1 N–H and O–H groups in total. The second-order valence-electron chi connectivity index (χ2n) is 4.40. The monoisotopic (exact) mass is 255 g/mol. The highest BCUT2D eigenvalue weighted by Gasteiger charge is 2.14. The lowest BCUT2D eigenvalue weighted by Crippen LogP contribution is -2.40. The molecule has 0 fully saturated rings. The minimum Gasteiger partial charge on any atom is -0.354 e.